The summed E-state index contributed by atoms with van der Waals surface area (Å²) in [7, 11) is 1.79. The molecule has 0 fully saturated rings. The molecule has 6 nitrogen and oxygen atoms in total. The van der Waals surface area contributed by atoms with Crippen LogP contribution in [0.4, 0.5) is 9.52 Å². The Morgan fingerprint density at radius 3 is 2.88 bits per heavy atom. The number of carbonyl (C=O) groups excluding carboxylic acids is 1. The van der Waals surface area contributed by atoms with Gasteiger partial charge in [-0.2, -0.15) is 5.10 Å². The number of aryl methyl sites for hydroxylation is 1. The number of hydrogen-bond acceptors (Lipinski definition) is 5. The SMILES string of the molecule is Cc1nc(NC(=O)c2ccc(Br)cc2F)sc1-c1n[nH]c(=S)n1C. The maximum atomic E-state index is 13.9. The average molecular weight is 428 g/mol. The van der Waals surface area contributed by atoms with E-state index in [1.165, 1.54) is 23.5 Å². The molecule has 1 aromatic carbocycles. The molecular weight excluding hydrogens is 417 g/mol. The summed E-state index contributed by atoms with van der Waals surface area (Å²) in [5.74, 6) is -0.536. The molecule has 0 bridgehead atoms. The number of halogens is 2. The number of carbonyl (C=O) groups is 1. The molecule has 2 N–H and O–H groups in total. The molecule has 1 amide bonds. The molecular formula is C14H11BrFN5OS2. The number of aromatic amines is 1. The fraction of sp³-hybridized carbons (Fsp3) is 0.143. The maximum Gasteiger partial charge on any atom is 0.260 e. The molecule has 2 aromatic heterocycles. The summed E-state index contributed by atoms with van der Waals surface area (Å²) < 4.78 is 16.6. The van der Waals surface area contributed by atoms with Crippen molar-refractivity contribution in [1.82, 2.24) is 19.7 Å². The Labute approximate surface area is 153 Å². The molecule has 0 atom stereocenters. The number of aromatic nitrogens is 4. The molecule has 3 aromatic rings. The molecule has 124 valence electrons. The molecule has 3 rings (SSSR count). The van der Waals surface area contributed by atoms with E-state index in [4.69, 9.17) is 12.2 Å². The molecule has 2 heterocycles. The van der Waals surface area contributed by atoms with Crippen LogP contribution in [0.3, 0.4) is 0 Å². The highest BCUT2D eigenvalue weighted by Crippen LogP contribution is 2.31. The molecule has 0 aliphatic heterocycles. The Morgan fingerprint density at radius 1 is 1.50 bits per heavy atom. The Morgan fingerprint density at radius 2 is 2.25 bits per heavy atom. The van der Waals surface area contributed by atoms with Crippen LogP contribution in [-0.2, 0) is 7.05 Å². The summed E-state index contributed by atoms with van der Waals surface area (Å²) in [6, 6.07) is 4.25. The molecule has 0 spiro atoms. The van der Waals surface area contributed by atoms with E-state index in [1.54, 1.807) is 24.6 Å². The van der Waals surface area contributed by atoms with Crippen LogP contribution in [-0.4, -0.2) is 25.7 Å². The second-order valence-electron chi connectivity index (χ2n) is 4.92. The standard InChI is InChI=1S/C14H11BrFN5OS2/c1-6-10(11-19-20-14(23)21(11)2)24-13(17-6)18-12(22)8-4-3-7(15)5-9(8)16/h3-5H,1-2H3,(H,20,23)(H,17,18,22). The predicted molar refractivity (Wildman–Crippen MR) is 96.3 cm³/mol. The zero-order valence-corrected chi connectivity index (χ0v) is 15.8. The summed E-state index contributed by atoms with van der Waals surface area (Å²) >= 11 is 9.50. The largest absolute Gasteiger partial charge is 0.303 e. The van der Waals surface area contributed by atoms with Crippen LogP contribution in [0.5, 0.6) is 0 Å². The zero-order chi connectivity index (χ0) is 17.4. The van der Waals surface area contributed by atoms with Gasteiger partial charge in [-0.15, -0.1) is 0 Å². The van der Waals surface area contributed by atoms with Gasteiger partial charge in [-0.3, -0.25) is 15.2 Å². The van der Waals surface area contributed by atoms with E-state index in [-0.39, 0.29) is 5.56 Å². The fourth-order valence-corrected chi connectivity index (χ4v) is 3.50. The monoisotopic (exact) mass is 427 g/mol. The van der Waals surface area contributed by atoms with Crippen molar-refractivity contribution in [1.29, 1.82) is 0 Å². The number of nitrogens with zero attached hydrogens (tertiary/aromatic N) is 3. The topological polar surface area (TPSA) is 75.6 Å². The Balaban J connectivity index is 1.89. The third-order valence-electron chi connectivity index (χ3n) is 3.28. The van der Waals surface area contributed by atoms with Crippen molar-refractivity contribution in [3.63, 3.8) is 0 Å². The lowest BCUT2D eigenvalue weighted by molar-refractivity contribution is 0.102. The van der Waals surface area contributed by atoms with Crippen LogP contribution in [0.2, 0.25) is 0 Å². The van der Waals surface area contributed by atoms with E-state index in [0.29, 0.717) is 25.9 Å². The summed E-state index contributed by atoms with van der Waals surface area (Å²) in [6.45, 7) is 1.80. The van der Waals surface area contributed by atoms with E-state index in [1.807, 2.05) is 0 Å². The van der Waals surface area contributed by atoms with E-state index >= 15 is 0 Å². The first kappa shape index (κ1) is 16.9. The number of benzene rings is 1. The van der Waals surface area contributed by atoms with Gasteiger partial charge in [0.1, 0.15) is 5.82 Å². The Bertz CT molecular complexity index is 993. The summed E-state index contributed by atoms with van der Waals surface area (Å²) in [4.78, 5) is 17.3. The van der Waals surface area contributed by atoms with Gasteiger partial charge in [-0.25, -0.2) is 9.37 Å². The molecule has 0 radical (unpaired) electrons. The van der Waals surface area contributed by atoms with Crippen molar-refractivity contribution in [3.05, 3.63) is 44.5 Å². The van der Waals surface area contributed by atoms with Gasteiger partial charge in [0, 0.05) is 11.5 Å². The van der Waals surface area contributed by atoms with Crippen LogP contribution in [0.15, 0.2) is 22.7 Å². The van der Waals surface area contributed by atoms with Gasteiger partial charge in [0.25, 0.3) is 5.91 Å². The maximum absolute atomic E-state index is 13.9. The minimum Gasteiger partial charge on any atom is -0.303 e. The lowest BCUT2D eigenvalue weighted by Crippen LogP contribution is -2.13. The number of H-pyrrole nitrogens is 1. The molecule has 24 heavy (non-hydrogen) atoms. The van der Waals surface area contributed by atoms with Gasteiger partial charge in [0.15, 0.2) is 15.7 Å². The highest BCUT2D eigenvalue weighted by atomic mass is 79.9. The summed E-state index contributed by atoms with van der Waals surface area (Å²) in [5.41, 5.74) is 0.648. The van der Waals surface area contributed by atoms with Gasteiger partial charge in [-0.05, 0) is 37.3 Å². The first-order valence-electron chi connectivity index (χ1n) is 6.72. The zero-order valence-electron chi connectivity index (χ0n) is 12.6. The highest BCUT2D eigenvalue weighted by molar-refractivity contribution is 9.10. The number of thiazole rings is 1. The number of amides is 1. The highest BCUT2D eigenvalue weighted by Gasteiger charge is 2.18. The number of anilines is 1. The summed E-state index contributed by atoms with van der Waals surface area (Å²) in [6.07, 6.45) is 0. The van der Waals surface area contributed by atoms with Crippen molar-refractivity contribution in [3.8, 4) is 10.7 Å². The molecule has 0 saturated carbocycles. The van der Waals surface area contributed by atoms with E-state index in [0.717, 1.165) is 4.88 Å². The minimum atomic E-state index is -0.607. The van der Waals surface area contributed by atoms with Gasteiger partial charge in [0.2, 0.25) is 0 Å². The van der Waals surface area contributed by atoms with Gasteiger partial charge in [0.05, 0.1) is 16.1 Å². The van der Waals surface area contributed by atoms with Crippen LogP contribution >= 0.6 is 39.5 Å². The van der Waals surface area contributed by atoms with Crippen LogP contribution < -0.4 is 5.32 Å². The second-order valence-corrected chi connectivity index (χ2v) is 7.22. The van der Waals surface area contributed by atoms with Crippen molar-refractivity contribution in [2.45, 2.75) is 6.92 Å². The lowest BCUT2D eigenvalue weighted by atomic mass is 10.2. The van der Waals surface area contributed by atoms with Crippen molar-refractivity contribution < 1.29 is 9.18 Å². The smallest absolute Gasteiger partial charge is 0.260 e. The van der Waals surface area contributed by atoms with Crippen molar-refractivity contribution in [2.24, 2.45) is 7.05 Å². The van der Waals surface area contributed by atoms with Crippen molar-refractivity contribution >= 4 is 50.5 Å². The average Bonchev–Trinajstić information content (AvgIpc) is 3.02. The predicted octanol–water partition coefficient (Wildman–Crippen LogP) is 4.06. The van der Waals surface area contributed by atoms with E-state index < -0.39 is 11.7 Å². The first-order chi connectivity index (χ1) is 11.4. The normalized spacial score (nSPS) is 10.8. The molecule has 10 heteroatoms. The second kappa shape index (κ2) is 6.54. The molecule has 0 aliphatic carbocycles. The lowest BCUT2D eigenvalue weighted by Gasteiger charge is -2.03. The van der Waals surface area contributed by atoms with E-state index in [2.05, 4.69) is 36.4 Å². The number of rotatable bonds is 3. The third-order valence-corrected chi connectivity index (χ3v) is 5.20. The Hall–Kier alpha value is -1.91. The first-order valence-corrected chi connectivity index (χ1v) is 8.74. The summed E-state index contributed by atoms with van der Waals surface area (Å²) in [5, 5.41) is 9.84. The van der Waals surface area contributed by atoms with Gasteiger partial charge >= 0.3 is 0 Å². The Kier molecular flexibility index (Phi) is 4.61. The fourth-order valence-electron chi connectivity index (χ4n) is 2.05. The van der Waals surface area contributed by atoms with Gasteiger partial charge in [-0.1, -0.05) is 27.3 Å². The van der Waals surface area contributed by atoms with E-state index in [9.17, 15) is 9.18 Å². The number of hydrogen-bond donors (Lipinski definition) is 2. The minimum absolute atomic E-state index is 0.0502. The van der Waals surface area contributed by atoms with Crippen LogP contribution in [0.25, 0.3) is 10.7 Å². The molecule has 0 unspecified atom stereocenters. The molecule has 0 aliphatic rings. The third kappa shape index (κ3) is 3.17. The van der Waals surface area contributed by atoms with Crippen LogP contribution in [0, 0.1) is 17.5 Å². The quantitative estimate of drug-likeness (QED) is 0.617. The van der Waals surface area contributed by atoms with Crippen LogP contribution in [0.1, 0.15) is 16.1 Å². The van der Waals surface area contributed by atoms with Crippen molar-refractivity contribution in [2.75, 3.05) is 5.32 Å². The number of nitrogens with one attached hydrogen (secondary N) is 2. The van der Waals surface area contributed by atoms with Gasteiger partial charge < -0.3 is 4.57 Å². The molecule has 0 saturated heterocycles.